The van der Waals surface area contributed by atoms with Crippen molar-refractivity contribution in [1.29, 1.82) is 0 Å². The van der Waals surface area contributed by atoms with Crippen molar-refractivity contribution >= 4 is 5.91 Å². The molecule has 0 spiro atoms. The van der Waals surface area contributed by atoms with Gasteiger partial charge in [0.15, 0.2) is 0 Å². The third kappa shape index (κ3) is 4.59. The third-order valence-electron chi connectivity index (χ3n) is 4.44. The molecular formula is C20H22FN3O2. The molecule has 1 N–H and O–H groups in total. The molecule has 0 aliphatic rings. The fraction of sp³-hybridized carbons (Fsp3) is 0.300. The SMILES string of the molecule is Cn1nccc1CCC(=O)NCC[C@H](c1ccc(F)cc1)c1ccco1. The zero-order valence-corrected chi connectivity index (χ0v) is 14.7. The summed E-state index contributed by atoms with van der Waals surface area (Å²) >= 11 is 0. The van der Waals surface area contributed by atoms with Crippen LogP contribution < -0.4 is 5.32 Å². The van der Waals surface area contributed by atoms with Gasteiger partial charge in [-0.1, -0.05) is 12.1 Å². The van der Waals surface area contributed by atoms with Gasteiger partial charge in [-0.25, -0.2) is 4.39 Å². The quantitative estimate of drug-likeness (QED) is 0.673. The molecule has 0 fully saturated rings. The molecule has 0 bridgehead atoms. The van der Waals surface area contributed by atoms with E-state index < -0.39 is 0 Å². The second kappa shape index (κ2) is 8.47. The lowest BCUT2D eigenvalue weighted by atomic mass is 9.93. The molecule has 1 atom stereocenters. The van der Waals surface area contributed by atoms with E-state index in [4.69, 9.17) is 4.42 Å². The maximum atomic E-state index is 13.2. The minimum absolute atomic E-state index is 0.00324. The number of nitrogens with one attached hydrogen (secondary N) is 1. The molecule has 2 aromatic heterocycles. The van der Waals surface area contributed by atoms with Crippen LogP contribution in [0, 0.1) is 5.82 Å². The summed E-state index contributed by atoms with van der Waals surface area (Å²) < 4.78 is 20.5. The predicted octanol–water partition coefficient (Wildman–Crippen LogP) is 3.42. The van der Waals surface area contributed by atoms with E-state index in [0.29, 0.717) is 25.8 Å². The largest absolute Gasteiger partial charge is 0.469 e. The van der Waals surface area contributed by atoms with Crippen molar-refractivity contribution < 1.29 is 13.6 Å². The lowest BCUT2D eigenvalue weighted by Crippen LogP contribution is -2.26. The fourth-order valence-electron chi connectivity index (χ4n) is 2.99. The zero-order valence-electron chi connectivity index (χ0n) is 14.7. The smallest absolute Gasteiger partial charge is 0.220 e. The van der Waals surface area contributed by atoms with Gasteiger partial charge in [0.2, 0.25) is 5.91 Å². The van der Waals surface area contributed by atoms with E-state index >= 15 is 0 Å². The summed E-state index contributed by atoms with van der Waals surface area (Å²) in [6.07, 6.45) is 5.10. The van der Waals surface area contributed by atoms with Crippen molar-refractivity contribution in [2.75, 3.05) is 6.54 Å². The normalized spacial score (nSPS) is 12.1. The number of rotatable bonds is 8. The Kier molecular flexibility index (Phi) is 5.84. The number of amides is 1. The molecule has 0 unspecified atom stereocenters. The van der Waals surface area contributed by atoms with Crippen LogP contribution in [0.5, 0.6) is 0 Å². The number of nitrogens with zero attached hydrogens (tertiary/aromatic N) is 2. The first-order valence-electron chi connectivity index (χ1n) is 8.66. The average Bonchev–Trinajstić information content (AvgIpc) is 3.30. The van der Waals surface area contributed by atoms with Gasteiger partial charge in [0, 0.05) is 37.8 Å². The number of hydrogen-bond donors (Lipinski definition) is 1. The van der Waals surface area contributed by atoms with Gasteiger partial charge in [-0.15, -0.1) is 0 Å². The molecule has 5 nitrogen and oxygen atoms in total. The van der Waals surface area contributed by atoms with Crippen molar-refractivity contribution in [3.05, 3.63) is 77.8 Å². The van der Waals surface area contributed by atoms with E-state index in [2.05, 4.69) is 10.4 Å². The van der Waals surface area contributed by atoms with Crippen LogP contribution in [-0.2, 0) is 18.3 Å². The molecule has 26 heavy (non-hydrogen) atoms. The topological polar surface area (TPSA) is 60.1 Å². The number of aromatic nitrogens is 2. The van der Waals surface area contributed by atoms with Crippen molar-refractivity contribution in [2.24, 2.45) is 7.05 Å². The maximum absolute atomic E-state index is 13.2. The van der Waals surface area contributed by atoms with Crippen molar-refractivity contribution in [2.45, 2.75) is 25.2 Å². The van der Waals surface area contributed by atoms with Crippen LogP contribution in [-0.4, -0.2) is 22.2 Å². The molecule has 3 aromatic rings. The first kappa shape index (κ1) is 17.9. The molecule has 1 aromatic carbocycles. The number of aryl methyl sites for hydroxylation is 2. The first-order valence-corrected chi connectivity index (χ1v) is 8.66. The first-order chi connectivity index (χ1) is 12.6. The van der Waals surface area contributed by atoms with E-state index in [9.17, 15) is 9.18 Å². The van der Waals surface area contributed by atoms with Crippen molar-refractivity contribution in [1.82, 2.24) is 15.1 Å². The van der Waals surface area contributed by atoms with Gasteiger partial charge in [0.05, 0.1) is 6.26 Å². The molecule has 0 aliphatic carbocycles. The second-order valence-electron chi connectivity index (χ2n) is 6.20. The summed E-state index contributed by atoms with van der Waals surface area (Å²) in [5.74, 6) is 0.516. The van der Waals surface area contributed by atoms with E-state index in [-0.39, 0.29) is 17.6 Å². The lowest BCUT2D eigenvalue weighted by molar-refractivity contribution is -0.121. The maximum Gasteiger partial charge on any atom is 0.220 e. The van der Waals surface area contributed by atoms with Crippen molar-refractivity contribution in [3.8, 4) is 0 Å². The summed E-state index contributed by atoms with van der Waals surface area (Å²) in [5, 5.41) is 7.05. The molecule has 0 saturated carbocycles. The minimum atomic E-state index is -0.268. The Morgan fingerprint density at radius 3 is 2.73 bits per heavy atom. The van der Waals surface area contributed by atoms with Crippen LogP contribution in [0.1, 0.15) is 35.8 Å². The van der Waals surface area contributed by atoms with Crippen LogP contribution in [0.25, 0.3) is 0 Å². The number of halogens is 1. The molecule has 6 heteroatoms. The third-order valence-corrected chi connectivity index (χ3v) is 4.44. The Morgan fingerprint density at radius 1 is 1.27 bits per heavy atom. The number of carbonyl (C=O) groups is 1. The second-order valence-corrected chi connectivity index (χ2v) is 6.20. The Hall–Kier alpha value is -2.89. The van der Waals surface area contributed by atoms with Gasteiger partial charge in [-0.3, -0.25) is 9.48 Å². The highest BCUT2D eigenvalue weighted by Gasteiger charge is 2.17. The number of furan rings is 1. The number of benzene rings is 1. The monoisotopic (exact) mass is 355 g/mol. The number of carbonyl (C=O) groups excluding carboxylic acids is 1. The van der Waals surface area contributed by atoms with Gasteiger partial charge in [-0.2, -0.15) is 5.10 Å². The minimum Gasteiger partial charge on any atom is -0.469 e. The van der Waals surface area contributed by atoms with Crippen LogP contribution in [0.3, 0.4) is 0 Å². The highest BCUT2D eigenvalue weighted by Crippen LogP contribution is 2.28. The molecular weight excluding hydrogens is 333 g/mol. The van der Waals surface area contributed by atoms with E-state index in [1.54, 1.807) is 29.3 Å². The van der Waals surface area contributed by atoms with E-state index in [1.165, 1.54) is 12.1 Å². The van der Waals surface area contributed by atoms with E-state index in [0.717, 1.165) is 17.0 Å². The van der Waals surface area contributed by atoms with Crippen LogP contribution in [0.15, 0.2) is 59.3 Å². The van der Waals surface area contributed by atoms with Gasteiger partial charge < -0.3 is 9.73 Å². The molecule has 3 rings (SSSR count). The summed E-state index contributed by atoms with van der Waals surface area (Å²) in [7, 11) is 1.86. The molecule has 136 valence electrons. The van der Waals surface area contributed by atoms with Crippen LogP contribution in [0.2, 0.25) is 0 Å². The molecule has 1 amide bonds. The summed E-state index contributed by atoms with van der Waals surface area (Å²) in [6.45, 7) is 0.521. The molecule has 0 radical (unpaired) electrons. The van der Waals surface area contributed by atoms with Gasteiger partial charge in [-0.05, 0) is 48.7 Å². The predicted molar refractivity (Wildman–Crippen MR) is 96.1 cm³/mol. The van der Waals surface area contributed by atoms with E-state index in [1.807, 2.05) is 25.2 Å². The van der Waals surface area contributed by atoms with Crippen molar-refractivity contribution in [3.63, 3.8) is 0 Å². The van der Waals surface area contributed by atoms with Crippen LogP contribution >= 0.6 is 0 Å². The standard InChI is InChI=1S/C20H22FN3O2/c1-24-17(10-13-23-24)8-9-20(25)22-12-11-18(19-3-2-14-26-19)15-4-6-16(21)7-5-15/h2-7,10,13-14,18H,8-9,11-12H2,1H3,(H,22,25)/t18-/m1/s1. The van der Waals surface area contributed by atoms with Gasteiger partial charge >= 0.3 is 0 Å². The fourth-order valence-corrected chi connectivity index (χ4v) is 2.99. The Balaban J connectivity index is 1.54. The Morgan fingerprint density at radius 2 is 2.08 bits per heavy atom. The molecule has 0 aliphatic heterocycles. The highest BCUT2D eigenvalue weighted by atomic mass is 19.1. The lowest BCUT2D eigenvalue weighted by Gasteiger charge is -2.16. The van der Waals surface area contributed by atoms with Crippen LogP contribution in [0.4, 0.5) is 4.39 Å². The van der Waals surface area contributed by atoms with Gasteiger partial charge in [0.25, 0.3) is 0 Å². The summed E-state index contributed by atoms with van der Waals surface area (Å²) in [5.41, 5.74) is 1.99. The average molecular weight is 355 g/mol. The highest BCUT2D eigenvalue weighted by molar-refractivity contribution is 5.76. The zero-order chi connectivity index (χ0) is 18.4. The number of hydrogen-bond acceptors (Lipinski definition) is 3. The summed E-state index contributed by atoms with van der Waals surface area (Å²) in [4.78, 5) is 12.1. The Bertz CT molecular complexity index is 825. The molecule has 2 heterocycles. The summed E-state index contributed by atoms with van der Waals surface area (Å²) in [6, 6.07) is 12.0. The molecule has 0 saturated heterocycles. The van der Waals surface area contributed by atoms with Gasteiger partial charge in [0.1, 0.15) is 11.6 Å². The Labute approximate surface area is 151 Å².